The summed E-state index contributed by atoms with van der Waals surface area (Å²) in [5.74, 6) is -0.618. The summed E-state index contributed by atoms with van der Waals surface area (Å²) in [5, 5.41) is 10.9. The smallest absolute Gasteiger partial charge is 0.243 e. The molecule has 0 fully saturated rings. The largest absolute Gasteiger partial charge is 0.392 e. The average Bonchev–Trinajstić information content (AvgIpc) is 2.91. The van der Waals surface area contributed by atoms with E-state index >= 15 is 0 Å². The number of sulfonamides is 1. The summed E-state index contributed by atoms with van der Waals surface area (Å²) < 4.78 is 39.2. The van der Waals surface area contributed by atoms with Crippen LogP contribution in [0.25, 0.3) is 0 Å². The molecule has 2 aromatic rings. The number of halogens is 1. The molecule has 7 heteroatoms. The van der Waals surface area contributed by atoms with Gasteiger partial charge in [0.1, 0.15) is 5.82 Å². The highest BCUT2D eigenvalue weighted by molar-refractivity contribution is 7.89. The van der Waals surface area contributed by atoms with Crippen molar-refractivity contribution in [1.82, 2.24) is 4.31 Å². The van der Waals surface area contributed by atoms with Gasteiger partial charge in [-0.3, -0.25) is 0 Å². The highest BCUT2D eigenvalue weighted by atomic mass is 32.2. The quantitative estimate of drug-likeness (QED) is 0.920. The third-order valence-electron chi connectivity index (χ3n) is 2.85. The standard InChI is InChI=1S/C13H14FNO3S2/c1-15(8-11-3-2-6-19-11)20(17,18)12-4-5-13(14)10(7-12)9-16/h2-7,16H,8-9H2,1H3. The zero-order valence-corrected chi connectivity index (χ0v) is 12.4. The Kier molecular flexibility index (Phi) is 4.54. The Balaban J connectivity index is 2.29. The fraction of sp³-hybridized carbons (Fsp3) is 0.231. The van der Waals surface area contributed by atoms with Crippen molar-refractivity contribution < 1.29 is 17.9 Å². The number of hydrogen-bond acceptors (Lipinski definition) is 4. The fourth-order valence-corrected chi connectivity index (χ4v) is 3.76. The minimum Gasteiger partial charge on any atom is -0.392 e. The van der Waals surface area contributed by atoms with Gasteiger partial charge in [0.05, 0.1) is 11.5 Å². The second-order valence-electron chi connectivity index (χ2n) is 4.25. The van der Waals surface area contributed by atoms with E-state index < -0.39 is 22.4 Å². The molecule has 1 aromatic carbocycles. The van der Waals surface area contributed by atoms with E-state index in [-0.39, 0.29) is 17.0 Å². The molecule has 2 rings (SSSR count). The van der Waals surface area contributed by atoms with E-state index in [4.69, 9.17) is 5.11 Å². The van der Waals surface area contributed by atoms with Crippen LogP contribution in [-0.2, 0) is 23.2 Å². The number of nitrogens with zero attached hydrogens (tertiary/aromatic N) is 1. The van der Waals surface area contributed by atoms with Crippen molar-refractivity contribution in [2.24, 2.45) is 0 Å². The van der Waals surface area contributed by atoms with Crippen molar-refractivity contribution in [2.75, 3.05) is 7.05 Å². The zero-order chi connectivity index (χ0) is 14.8. The van der Waals surface area contributed by atoms with Crippen LogP contribution in [0.15, 0.2) is 40.6 Å². The van der Waals surface area contributed by atoms with Gasteiger partial charge < -0.3 is 5.11 Å². The van der Waals surface area contributed by atoms with Crippen molar-refractivity contribution in [3.63, 3.8) is 0 Å². The number of rotatable bonds is 5. The Hall–Kier alpha value is -1.28. The van der Waals surface area contributed by atoms with Gasteiger partial charge in [-0.2, -0.15) is 4.31 Å². The Morgan fingerprint density at radius 1 is 1.35 bits per heavy atom. The van der Waals surface area contributed by atoms with Gasteiger partial charge in [-0.25, -0.2) is 12.8 Å². The van der Waals surface area contributed by atoms with Gasteiger partial charge >= 0.3 is 0 Å². The molecule has 0 aliphatic carbocycles. The minimum atomic E-state index is -3.70. The summed E-state index contributed by atoms with van der Waals surface area (Å²) in [7, 11) is -2.23. The molecule has 0 bridgehead atoms. The van der Waals surface area contributed by atoms with Crippen LogP contribution in [-0.4, -0.2) is 24.9 Å². The molecule has 20 heavy (non-hydrogen) atoms. The lowest BCUT2D eigenvalue weighted by Gasteiger charge is -2.17. The van der Waals surface area contributed by atoms with E-state index in [0.717, 1.165) is 17.0 Å². The average molecular weight is 315 g/mol. The maximum atomic E-state index is 13.3. The summed E-state index contributed by atoms with van der Waals surface area (Å²) >= 11 is 1.47. The van der Waals surface area contributed by atoms with Gasteiger partial charge in [0.2, 0.25) is 10.0 Å². The molecule has 1 aromatic heterocycles. The van der Waals surface area contributed by atoms with Crippen LogP contribution in [0.1, 0.15) is 10.4 Å². The maximum absolute atomic E-state index is 13.3. The van der Waals surface area contributed by atoms with Gasteiger partial charge in [-0.1, -0.05) is 6.07 Å². The van der Waals surface area contributed by atoms with Gasteiger partial charge in [-0.15, -0.1) is 11.3 Å². The van der Waals surface area contributed by atoms with Crippen molar-refractivity contribution in [3.8, 4) is 0 Å². The molecule has 0 atom stereocenters. The Labute approximate surface area is 121 Å². The molecule has 0 radical (unpaired) electrons. The monoisotopic (exact) mass is 315 g/mol. The van der Waals surface area contributed by atoms with Gasteiger partial charge in [0.25, 0.3) is 0 Å². The van der Waals surface area contributed by atoms with Crippen LogP contribution in [0, 0.1) is 5.82 Å². The Morgan fingerprint density at radius 2 is 2.10 bits per heavy atom. The third kappa shape index (κ3) is 3.06. The molecule has 0 unspecified atom stereocenters. The summed E-state index contributed by atoms with van der Waals surface area (Å²) in [6, 6.07) is 7.12. The van der Waals surface area contributed by atoms with Crippen LogP contribution in [0.2, 0.25) is 0 Å². The highest BCUT2D eigenvalue weighted by Gasteiger charge is 2.22. The lowest BCUT2D eigenvalue weighted by Crippen LogP contribution is -2.26. The third-order valence-corrected chi connectivity index (χ3v) is 5.51. The first kappa shape index (κ1) is 15.1. The number of aliphatic hydroxyl groups is 1. The van der Waals surface area contributed by atoms with Crippen LogP contribution < -0.4 is 0 Å². The molecule has 0 saturated carbocycles. The van der Waals surface area contributed by atoms with E-state index in [2.05, 4.69) is 0 Å². The normalized spacial score (nSPS) is 12.0. The Bertz CT molecular complexity index is 684. The SMILES string of the molecule is CN(Cc1cccs1)S(=O)(=O)c1ccc(F)c(CO)c1. The molecular weight excluding hydrogens is 301 g/mol. The zero-order valence-electron chi connectivity index (χ0n) is 10.8. The molecule has 0 saturated heterocycles. The minimum absolute atomic E-state index is 0.0259. The lowest BCUT2D eigenvalue weighted by atomic mass is 10.2. The first-order valence-electron chi connectivity index (χ1n) is 5.83. The molecular formula is C13H14FNO3S2. The highest BCUT2D eigenvalue weighted by Crippen LogP contribution is 2.21. The van der Waals surface area contributed by atoms with Crippen molar-refractivity contribution >= 4 is 21.4 Å². The molecule has 108 valence electrons. The van der Waals surface area contributed by atoms with E-state index in [0.29, 0.717) is 0 Å². The molecule has 1 heterocycles. The van der Waals surface area contributed by atoms with E-state index in [1.807, 2.05) is 17.5 Å². The molecule has 0 aliphatic rings. The first-order chi connectivity index (χ1) is 9.45. The molecule has 1 N–H and O–H groups in total. The van der Waals surface area contributed by atoms with Crippen molar-refractivity contribution in [1.29, 1.82) is 0 Å². The van der Waals surface area contributed by atoms with Crippen LogP contribution in [0.5, 0.6) is 0 Å². The predicted octanol–water partition coefficient (Wildman–Crippen LogP) is 2.20. The molecule has 0 amide bonds. The summed E-state index contributed by atoms with van der Waals surface area (Å²) in [6.07, 6.45) is 0. The Morgan fingerprint density at radius 3 is 2.70 bits per heavy atom. The first-order valence-corrected chi connectivity index (χ1v) is 8.15. The van der Waals surface area contributed by atoms with Crippen LogP contribution in [0.3, 0.4) is 0 Å². The maximum Gasteiger partial charge on any atom is 0.243 e. The predicted molar refractivity (Wildman–Crippen MR) is 75.3 cm³/mol. The number of thiophene rings is 1. The van der Waals surface area contributed by atoms with Crippen molar-refractivity contribution in [2.45, 2.75) is 18.0 Å². The van der Waals surface area contributed by atoms with Crippen LogP contribution in [0.4, 0.5) is 4.39 Å². The number of aliphatic hydroxyl groups excluding tert-OH is 1. The van der Waals surface area contributed by atoms with Gasteiger partial charge in [-0.05, 0) is 29.6 Å². The summed E-state index contributed by atoms with van der Waals surface area (Å²) in [5.41, 5.74) is -0.0319. The topological polar surface area (TPSA) is 57.6 Å². The number of benzene rings is 1. The van der Waals surface area contributed by atoms with Crippen LogP contribution >= 0.6 is 11.3 Å². The van der Waals surface area contributed by atoms with Crippen molar-refractivity contribution in [3.05, 3.63) is 52.0 Å². The molecule has 0 aliphatic heterocycles. The lowest BCUT2D eigenvalue weighted by molar-refractivity contribution is 0.275. The van der Waals surface area contributed by atoms with E-state index in [1.165, 1.54) is 28.8 Å². The van der Waals surface area contributed by atoms with E-state index in [9.17, 15) is 12.8 Å². The summed E-state index contributed by atoms with van der Waals surface area (Å²) in [4.78, 5) is 0.891. The van der Waals surface area contributed by atoms with E-state index in [1.54, 1.807) is 0 Å². The number of hydrogen-bond donors (Lipinski definition) is 1. The van der Waals surface area contributed by atoms with Gasteiger partial charge in [0.15, 0.2) is 0 Å². The molecule has 0 spiro atoms. The fourth-order valence-electron chi connectivity index (χ4n) is 1.72. The second kappa shape index (κ2) is 6.01. The second-order valence-corrected chi connectivity index (χ2v) is 7.33. The molecule has 4 nitrogen and oxygen atoms in total. The van der Waals surface area contributed by atoms with Gasteiger partial charge in [0, 0.05) is 24.0 Å². The summed E-state index contributed by atoms with van der Waals surface area (Å²) in [6.45, 7) is -0.282.